The van der Waals surface area contributed by atoms with E-state index in [4.69, 9.17) is 19.3 Å². The number of thiazole rings is 1. The Balaban J connectivity index is 1.23. The Bertz CT molecular complexity index is 1350. The Morgan fingerprint density at radius 2 is 1.76 bits per heavy atom. The lowest BCUT2D eigenvalue weighted by Crippen LogP contribution is -2.38. The lowest BCUT2D eigenvalue weighted by Gasteiger charge is -2.32. The summed E-state index contributed by atoms with van der Waals surface area (Å²) in [5.41, 5.74) is 2.93. The molecule has 0 amide bonds. The van der Waals surface area contributed by atoms with Gasteiger partial charge in [-0.2, -0.15) is 0 Å². The number of anilines is 1. The predicted molar refractivity (Wildman–Crippen MR) is 148 cm³/mol. The minimum absolute atomic E-state index is 0.301. The molecule has 1 aliphatic heterocycles. The van der Waals surface area contributed by atoms with Crippen LogP contribution in [0.1, 0.15) is 32.3 Å². The maximum Gasteiger partial charge on any atom is 0.511 e. The Morgan fingerprint density at radius 1 is 1.08 bits per heavy atom. The molecule has 200 valence electrons. The number of nitrogens with one attached hydrogen (secondary N) is 1. The van der Waals surface area contributed by atoms with E-state index in [9.17, 15) is 4.79 Å². The fourth-order valence-corrected chi connectivity index (χ4v) is 5.77. The van der Waals surface area contributed by atoms with Gasteiger partial charge < -0.3 is 29.2 Å². The highest BCUT2D eigenvalue weighted by atomic mass is 32.1. The van der Waals surface area contributed by atoms with Crippen LogP contribution in [0.15, 0.2) is 54.9 Å². The van der Waals surface area contributed by atoms with Gasteiger partial charge in [-0.05, 0) is 68.7 Å². The topological polar surface area (TPSA) is 98.1 Å². The molecule has 0 bridgehead atoms. The molecule has 0 atom stereocenters. The third-order valence-corrected chi connectivity index (χ3v) is 7.40. The first-order chi connectivity index (χ1) is 18.5. The van der Waals surface area contributed by atoms with Gasteiger partial charge in [0, 0.05) is 44.1 Å². The number of fused-ring (bicyclic) bond motifs is 1. The average Bonchev–Trinajstić information content (AvgIpc) is 3.55. The van der Waals surface area contributed by atoms with E-state index < -0.39 is 6.16 Å². The fourth-order valence-electron chi connectivity index (χ4n) is 4.80. The number of carbonyl (C=O) groups is 1. The van der Waals surface area contributed by atoms with Crippen LogP contribution in [-0.4, -0.2) is 58.1 Å². The Labute approximate surface area is 225 Å². The third kappa shape index (κ3) is 6.03. The van der Waals surface area contributed by atoms with Crippen LogP contribution in [0, 0.1) is 0 Å². The molecule has 3 heterocycles. The van der Waals surface area contributed by atoms with Crippen LogP contribution in [0.25, 0.3) is 15.9 Å². The van der Waals surface area contributed by atoms with Gasteiger partial charge in [-0.1, -0.05) is 11.3 Å². The van der Waals surface area contributed by atoms with E-state index in [0.29, 0.717) is 25.0 Å². The highest BCUT2D eigenvalue weighted by Gasteiger charge is 2.22. The molecule has 2 N–H and O–H groups in total. The number of aromatic nitrogens is 2. The first-order valence-electron chi connectivity index (χ1n) is 12.9. The van der Waals surface area contributed by atoms with Crippen molar-refractivity contribution in [2.24, 2.45) is 0 Å². The second-order valence-corrected chi connectivity index (χ2v) is 10.1. The summed E-state index contributed by atoms with van der Waals surface area (Å²) >= 11 is 1.51. The number of rotatable bonds is 10. The molecule has 38 heavy (non-hydrogen) atoms. The van der Waals surface area contributed by atoms with Crippen molar-refractivity contribution in [2.45, 2.75) is 39.3 Å². The van der Waals surface area contributed by atoms with E-state index in [1.807, 2.05) is 42.9 Å². The molecule has 2 aromatic heterocycles. The van der Waals surface area contributed by atoms with Crippen molar-refractivity contribution < 1.29 is 24.1 Å². The number of nitrogens with zero attached hydrogens (tertiary/aromatic N) is 3. The van der Waals surface area contributed by atoms with Crippen molar-refractivity contribution in [2.75, 3.05) is 31.6 Å². The molecule has 2 aromatic carbocycles. The van der Waals surface area contributed by atoms with E-state index in [0.717, 1.165) is 65.0 Å². The van der Waals surface area contributed by atoms with Crippen molar-refractivity contribution in [1.82, 2.24) is 14.5 Å². The molecule has 0 aliphatic carbocycles. The van der Waals surface area contributed by atoms with Crippen LogP contribution >= 0.6 is 11.3 Å². The second kappa shape index (κ2) is 11.7. The van der Waals surface area contributed by atoms with Gasteiger partial charge in [0.15, 0.2) is 5.13 Å². The zero-order valence-electron chi connectivity index (χ0n) is 21.6. The zero-order valence-corrected chi connectivity index (χ0v) is 22.4. The summed E-state index contributed by atoms with van der Waals surface area (Å²) in [5, 5.41) is 13.2. The Kier molecular flexibility index (Phi) is 8.00. The first kappa shape index (κ1) is 25.9. The van der Waals surface area contributed by atoms with Crippen molar-refractivity contribution in [3.63, 3.8) is 0 Å². The first-order valence-corrected chi connectivity index (χ1v) is 13.7. The molecule has 1 fully saturated rings. The summed E-state index contributed by atoms with van der Waals surface area (Å²) in [6.07, 6.45) is 4.69. The van der Waals surface area contributed by atoms with Crippen molar-refractivity contribution >= 4 is 32.8 Å². The summed E-state index contributed by atoms with van der Waals surface area (Å²) < 4.78 is 19.8. The van der Waals surface area contributed by atoms with Gasteiger partial charge in [0.05, 0.1) is 23.4 Å². The van der Waals surface area contributed by atoms with Gasteiger partial charge in [-0.25, -0.2) is 9.78 Å². The Morgan fingerprint density at radius 3 is 2.39 bits per heavy atom. The predicted octanol–water partition coefficient (Wildman–Crippen LogP) is 6.02. The molecule has 0 radical (unpaired) electrons. The van der Waals surface area contributed by atoms with Gasteiger partial charge >= 0.3 is 6.16 Å². The van der Waals surface area contributed by atoms with Crippen LogP contribution in [0.2, 0.25) is 0 Å². The standard InChI is InChI=1S/C28H32N4O5S/c1-3-35-23-15-19(16-24(36-4-2)26(23)32-11-5-6-12-32)18-31-13-9-20(10-14-31)29-27-30-22-8-7-21(37-28(33)34)17-25(22)38-27/h5-8,11-12,15-17,20H,3-4,9-10,13-14,18H2,1-2H3,(H,29,30)(H,33,34). The number of hydrogen-bond donors (Lipinski definition) is 2. The van der Waals surface area contributed by atoms with Crippen molar-refractivity contribution in [3.8, 4) is 22.9 Å². The van der Waals surface area contributed by atoms with Gasteiger partial charge in [0.25, 0.3) is 0 Å². The normalized spacial score (nSPS) is 14.5. The summed E-state index contributed by atoms with van der Waals surface area (Å²) in [7, 11) is 0. The van der Waals surface area contributed by atoms with E-state index >= 15 is 0 Å². The van der Waals surface area contributed by atoms with E-state index in [1.54, 1.807) is 18.2 Å². The maximum atomic E-state index is 10.8. The van der Waals surface area contributed by atoms with Crippen LogP contribution in [0.4, 0.5) is 9.93 Å². The number of benzene rings is 2. The molecule has 0 saturated carbocycles. The SMILES string of the molecule is CCOc1cc(CN2CCC(Nc3nc4ccc(OC(=O)O)cc4s3)CC2)cc(OCC)c1-n1cccc1. The molecular formula is C28H32N4O5S. The highest BCUT2D eigenvalue weighted by Crippen LogP contribution is 2.36. The summed E-state index contributed by atoms with van der Waals surface area (Å²) in [4.78, 5) is 17.9. The van der Waals surface area contributed by atoms with E-state index in [1.165, 1.54) is 16.9 Å². The molecule has 0 unspecified atom stereocenters. The minimum atomic E-state index is -1.32. The second-order valence-electron chi connectivity index (χ2n) is 9.11. The van der Waals surface area contributed by atoms with E-state index in [2.05, 4.69) is 27.3 Å². The smallest absolute Gasteiger partial charge is 0.492 e. The average molecular weight is 537 g/mol. The third-order valence-electron chi connectivity index (χ3n) is 6.45. The summed E-state index contributed by atoms with van der Waals surface area (Å²) in [5.74, 6) is 1.96. The minimum Gasteiger partial charge on any atom is -0.492 e. The van der Waals surface area contributed by atoms with Gasteiger partial charge in [0.1, 0.15) is 22.9 Å². The van der Waals surface area contributed by atoms with Crippen LogP contribution < -0.4 is 19.5 Å². The zero-order chi connectivity index (χ0) is 26.5. The largest absolute Gasteiger partial charge is 0.511 e. The molecule has 1 saturated heterocycles. The molecule has 5 rings (SSSR count). The van der Waals surface area contributed by atoms with Crippen molar-refractivity contribution in [1.29, 1.82) is 0 Å². The Hall–Kier alpha value is -3.76. The molecule has 10 heteroatoms. The maximum absolute atomic E-state index is 10.8. The van der Waals surface area contributed by atoms with Crippen LogP contribution in [-0.2, 0) is 6.54 Å². The highest BCUT2D eigenvalue weighted by molar-refractivity contribution is 7.22. The van der Waals surface area contributed by atoms with Crippen molar-refractivity contribution in [3.05, 3.63) is 60.4 Å². The lowest BCUT2D eigenvalue weighted by atomic mass is 10.0. The molecular weight excluding hydrogens is 504 g/mol. The fraction of sp³-hybridized carbons (Fsp3) is 0.357. The number of ether oxygens (including phenoxy) is 3. The molecule has 1 aliphatic rings. The number of carboxylic acid groups (broad SMARTS) is 1. The monoisotopic (exact) mass is 536 g/mol. The molecule has 9 nitrogen and oxygen atoms in total. The number of piperidine rings is 1. The van der Waals surface area contributed by atoms with Gasteiger partial charge in [-0.15, -0.1) is 0 Å². The van der Waals surface area contributed by atoms with E-state index in [-0.39, 0.29) is 0 Å². The molecule has 0 spiro atoms. The quantitative estimate of drug-likeness (QED) is 0.188. The number of hydrogen-bond acceptors (Lipinski definition) is 8. The summed E-state index contributed by atoms with van der Waals surface area (Å²) in [6, 6.07) is 13.7. The van der Waals surface area contributed by atoms with Gasteiger partial charge in [0.2, 0.25) is 0 Å². The van der Waals surface area contributed by atoms with Gasteiger partial charge in [-0.3, -0.25) is 4.90 Å². The van der Waals surface area contributed by atoms with Crippen LogP contribution in [0.3, 0.4) is 0 Å². The summed E-state index contributed by atoms with van der Waals surface area (Å²) in [6.45, 7) is 7.92. The lowest BCUT2D eigenvalue weighted by molar-refractivity contribution is 0.144. The molecule has 4 aromatic rings. The number of likely N-dealkylation sites (tertiary alicyclic amines) is 1. The van der Waals surface area contributed by atoms with Crippen LogP contribution in [0.5, 0.6) is 17.2 Å².